The molecule has 108 valence electrons. The van der Waals surface area contributed by atoms with Gasteiger partial charge in [0.15, 0.2) is 0 Å². The molecule has 5 rings (SSSR count). The number of nitrogens with one attached hydrogen (secondary N) is 1. The number of aliphatic hydroxyl groups is 2. The molecule has 2 saturated heterocycles. The van der Waals surface area contributed by atoms with Crippen molar-refractivity contribution in [2.45, 2.75) is 56.1 Å². The summed E-state index contributed by atoms with van der Waals surface area (Å²) in [7, 11) is 0. The lowest BCUT2D eigenvalue weighted by molar-refractivity contribution is -0.101. The highest BCUT2D eigenvalue weighted by atomic mass is 16.5. The van der Waals surface area contributed by atoms with E-state index in [4.69, 9.17) is 4.74 Å². The van der Waals surface area contributed by atoms with E-state index in [9.17, 15) is 10.2 Å². The maximum atomic E-state index is 10.4. The van der Waals surface area contributed by atoms with Gasteiger partial charge in [-0.1, -0.05) is 17.7 Å². The molecule has 2 heterocycles. The average Bonchev–Trinajstić information content (AvgIpc) is 2.78. The Balaban J connectivity index is 1.76. The second kappa shape index (κ2) is 3.74. The Hall–Kier alpha value is -0.680. The fraction of sp³-hybridized carbons (Fsp3) is 0.750. The van der Waals surface area contributed by atoms with Crippen LogP contribution in [0.5, 0.6) is 0 Å². The molecule has 0 aromatic rings. The summed E-state index contributed by atoms with van der Waals surface area (Å²) in [5.41, 5.74) is 2.81. The summed E-state index contributed by atoms with van der Waals surface area (Å²) in [4.78, 5) is 0. The van der Waals surface area contributed by atoms with Crippen LogP contribution in [0.3, 0.4) is 0 Å². The van der Waals surface area contributed by atoms with E-state index < -0.39 is 12.2 Å². The van der Waals surface area contributed by atoms with Crippen LogP contribution in [-0.2, 0) is 4.74 Å². The first kappa shape index (κ1) is 11.9. The van der Waals surface area contributed by atoms with Gasteiger partial charge in [-0.3, -0.25) is 0 Å². The van der Waals surface area contributed by atoms with Gasteiger partial charge < -0.3 is 20.3 Å². The summed E-state index contributed by atoms with van der Waals surface area (Å²) in [6.07, 6.45) is 6.75. The van der Waals surface area contributed by atoms with E-state index in [-0.39, 0.29) is 17.6 Å². The van der Waals surface area contributed by atoms with Crippen molar-refractivity contribution in [2.24, 2.45) is 11.3 Å². The summed E-state index contributed by atoms with van der Waals surface area (Å²) in [6.45, 7) is 0.987. The molecule has 1 spiro atoms. The van der Waals surface area contributed by atoms with Crippen molar-refractivity contribution < 1.29 is 14.9 Å². The maximum absolute atomic E-state index is 10.4. The maximum Gasteiger partial charge on any atom is 0.106 e. The normalized spacial score (nSPS) is 55.9. The van der Waals surface area contributed by atoms with Gasteiger partial charge in [0.25, 0.3) is 0 Å². The highest BCUT2D eigenvalue weighted by Gasteiger charge is 2.65. The smallest absolute Gasteiger partial charge is 0.106 e. The molecule has 0 aromatic heterocycles. The van der Waals surface area contributed by atoms with Crippen molar-refractivity contribution in [1.29, 1.82) is 0 Å². The minimum atomic E-state index is -0.533. The quantitative estimate of drug-likeness (QED) is 0.564. The standard InChI is InChI=1S/C16H21NO3/c18-11-3-1-8-7-10-9-2-4-12(19)15-16(9,5-6-17-10)13(8)14(11)20-15/h2,4,9-12,14-15,17-19H,1,3,5-7H2/t9-,10+,11?,12-,14?,15-,16-/m0/s1. The van der Waals surface area contributed by atoms with Crippen molar-refractivity contribution in [2.75, 3.05) is 6.54 Å². The van der Waals surface area contributed by atoms with E-state index in [1.165, 1.54) is 11.1 Å². The second-order valence-electron chi connectivity index (χ2n) is 7.06. The van der Waals surface area contributed by atoms with E-state index >= 15 is 0 Å². The first-order valence-corrected chi connectivity index (χ1v) is 7.87. The number of hydrogen-bond donors (Lipinski definition) is 3. The SMILES string of the molecule is OC1CCC2=C3C1O[C@H]1[C@@H](O)C=C[C@H]4[C@@H](C2)NCC[C@@]341. The minimum Gasteiger partial charge on any atom is -0.390 e. The van der Waals surface area contributed by atoms with E-state index in [1.807, 2.05) is 6.08 Å². The van der Waals surface area contributed by atoms with Crippen molar-refractivity contribution >= 4 is 0 Å². The predicted molar refractivity (Wildman–Crippen MR) is 73.0 cm³/mol. The predicted octanol–water partition coefficient (Wildman–Crippen LogP) is 0.504. The summed E-state index contributed by atoms with van der Waals surface area (Å²) in [6, 6.07) is 0.478. The van der Waals surface area contributed by atoms with Gasteiger partial charge in [-0.25, -0.2) is 0 Å². The number of aliphatic hydroxyl groups excluding tert-OH is 2. The molecule has 3 N–H and O–H groups in total. The van der Waals surface area contributed by atoms with Gasteiger partial charge in [0.2, 0.25) is 0 Å². The first-order valence-electron chi connectivity index (χ1n) is 7.87. The molecule has 2 bridgehead atoms. The van der Waals surface area contributed by atoms with Gasteiger partial charge in [0, 0.05) is 17.4 Å². The summed E-state index contributed by atoms with van der Waals surface area (Å²) >= 11 is 0. The first-order chi connectivity index (χ1) is 9.72. The summed E-state index contributed by atoms with van der Waals surface area (Å²) < 4.78 is 6.21. The zero-order chi connectivity index (χ0) is 13.5. The third-order valence-electron chi connectivity index (χ3n) is 6.32. The van der Waals surface area contributed by atoms with Crippen LogP contribution in [0.1, 0.15) is 25.7 Å². The van der Waals surface area contributed by atoms with Gasteiger partial charge in [0.1, 0.15) is 6.10 Å². The van der Waals surface area contributed by atoms with Gasteiger partial charge in [-0.15, -0.1) is 0 Å². The van der Waals surface area contributed by atoms with E-state index in [1.54, 1.807) is 0 Å². The Bertz CT molecular complexity index is 528. The number of ether oxygens (including phenoxy) is 1. The molecule has 0 aromatic carbocycles. The lowest BCUT2D eigenvalue weighted by atomic mass is 9.52. The largest absolute Gasteiger partial charge is 0.390 e. The molecular weight excluding hydrogens is 254 g/mol. The third kappa shape index (κ3) is 1.19. The molecule has 0 amide bonds. The van der Waals surface area contributed by atoms with Gasteiger partial charge in [0.05, 0.1) is 18.3 Å². The van der Waals surface area contributed by atoms with Crippen molar-refractivity contribution in [3.05, 3.63) is 23.3 Å². The molecule has 3 aliphatic carbocycles. The Labute approximate surface area is 118 Å². The molecule has 4 heteroatoms. The zero-order valence-electron chi connectivity index (χ0n) is 11.5. The van der Waals surface area contributed by atoms with Gasteiger partial charge in [-0.2, -0.15) is 0 Å². The summed E-state index contributed by atoms with van der Waals surface area (Å²) in [5, 5.41) is 24.4. The third-order valence-corrected chi connectivity index (χ3v) is 6.32. The molecule has 20 heavy (non-hydrogen) atoms. The number of rotatable bonds is 0. The molecule has 2 aliphatic heterocycles. The van der Waals surface area contributed by atoms with Crippen LogP contribution < -0.4 is 5.32 Å². The van der Waals surface area contributed by atoms with Crippen LogP contribution in [-0.4, -0.2) is 47.2 Å². The molecule has 2 fully saturated rings. The average molecular weight is 275 g/mol. The Kier molecular flexibility index (Phi) is 2.23. The van der Waals surface area contributed by atoms with Crippen molar-refractivity contribution in [1.82, 2.24) is 5.32 Å². The highest BCUT2D eigenvalue weighted by Crippen LogP contribution is 2.63. The monoisotopic (exact) mass is 275 g/mol. The van der Waals surface area contributed by atoms with Gasteiger partial charge >= 0.3 is 0 Å². The second-order valence-corrected chi connectivity index (χ2v) is 7.06. The lowest BCUT2D eigenvalue weighted by Gasteiger charge is -2.55. The zero-order valence-corrected chi connectivity index (χ0v) is 11.5. The Morgan fingerprint density at radius 2 is 2.20 bits per heavy atom. The van der Waals surface area contributed by atoms with Crippen LogP contribution in [0.15, 0.2) is 23.3 Å². The molecule has 0 radical (unpaired) electrons. The van der Waals surface area contributed by atoms with Crippen LogP contribution in [0.25, 0.3) is 0 Å². The van der Waals surface area contributed by atoms with Crippen LogP contribution in [0.4, 0.5) is 0 Å². The molecule has 2 unspecified atom stereocenters. The molecule has 5 aliphatic rings. The van der Waals surface area contributed by atoms with E-state index in [2.05, 4.69) is 11.4 Å². The van der Waals surface area contributed by atoms with Crippen molar-refractivity contribution in [3.8, 4) is 0 Å². The topological polar surface area (TPSA) is 61.7 Å². The molecule has 0 saturated carbocycles. The van der Waals surface area contributed by atoms with Crippen LogP contribution in [0.2, 0.25) is 0 Å². The number of piperidine rings is 1. The minimum absolute atomic E-state index is 0.0519. The van der Waals surface area contributed by atoms with E-state index in [0.717, 1.165) is 32.2 Å². The highest BCUT2D eigenvalue weighted by molar-refractivity contribution is 5.44. The molecule has 7 atom stereocenters. The molecular formula is C16H21NO3. The van der Waals surface area contributed by atoms with E-state index in [0.29, 0.717) is 12.0 Å². The number of hydrogen-bond acceptors (Lipinski definition) is 4. The fourth-order valence-corrected chi connectivity index (χ4v) is 5.65. The van der Waals surface area contributed by atoms with Crippen LogP contribution >= 0.6 is 0 Å². The summed E-state index contributed by atoms with van der Waals surface area (Å²) in [5.74, 6) is 0.415. The Morgan fingerprint density at radius 1 is 1.30 bits per heavy atom. The lowest BCUT2D eigenvalue weighted by Crippen LogP contribution is -2.61. The Morgan fingerprint density at radius 3 is 3.10 bits per heavy atom. The van der Waals surface area contributed by atoms with Gasteiger partial charge in [-0.05, 0) is 37.8 Å². The fourth-order valence-electron chi connectivity index (χ4n) is 5.65. The molecule has 4 nitrogen and oxygen atoms in total. The van der Waals surface area contributed by atoms with Crippen molar-refractivity contribution in [3.63, 3.8) is 0 Å². The van der Waals surface area contributed by atoms with Crippen LogP contribution in [0, 0.1) is 11.3 Å².